The molecule has 126 valence electrons. The summed E-state index contributed by atoms with van der Waals surface area (Å²) in [5.74, 6) is 0. The molecule has 3 aromatic heterocycles. The van der Waals surface area contributed by atoms with Crippen LogP contribution >= 0.6 is 0 Å². The Bertz CT molecular complexity index is 894. The molecule has 0 saturated carbocycles. The Kier molecular flexibility index (Phi) is 4.24. The van der Waals surface area contributed by atoms with Crippen molar-refractivity contribution in [3.05, 3.63) is 71.5 Å². The van der Waals surface area contributed by atoms with Gasteiger partial charge in [-0.05, 0) is 43.2 Å². The number of nitrogens with zero attached hydrogens (tertiary/aromatic N) is 5. The van der Waals surface area contributed by atoms with Crippen molar-refractivity contribution in [2.24, 2.45) is 0 Å². The molecule has 1 fully saturated rings. The summed E-state index contributed by atoms with van der Waals surface area (Å²) >= 11 is 0. The Balaban J connectivity index is 1.61. The van der Waals surface area contributed by atoms with Crippen LogP contribution < -0.4 is 10.5 Å². The molecule has 25 heavy (non-hydrogen) atoms. The molecule has 0 spiro atoms. The van der Waals surface area contributed by atoms with Crippen molar-refractivity contribution in [2.75, 3.05) is 11.4 Å². The van der Waals surface area contributed by atoms with Gasteiger partial charge in [-0.2, -0.15) is 5.10 Å². The highest BCUT2D eigenvalue weighted by Crippen LogP contribution is 2.25. The second kappa shape index (κ2) is 6.84. The molecule has 0 bridgehead atoms. The molecule has 0 radical (unpaired) electrons. The number of anilines is 1. The second-order valence-electron chi connectivity index (χ2n) is 6.17. The average molecular weight is 333 g/mol. The molecule has 6 nitrogen and oxygen atoms in total. The molecule has 4 rings (SSSR count). The summed E-state index contributed by atoms with van der Waals surface area (Å²) in [6, 6.07) is 11.5. The standard InChI is InChI=1S/C19H19N5O/c25-19-4-3-18(15-5-9-20-10-6-15)22-24(19)14-17-2-1-13-23(17)16-7-11-21-12-8-16/h3-12,17H,1-2,13-14H2. The van der Waals surface area contributed by atoms with E-state index in [0.29, 0.717) is 6.54 Å². The fourth-order valence-electron chi connectivity index (χ4n) is 3.36. The first-order valence-corrected chi connectivity index (χ1v) is 8.46. The van der Waals surface area contributed by atoms with E-state index in [-0.39, 0.29) is 11.6 Å². The maximum absolute atomic E-state index is 12.3. The maximum atomic E-state index is 12.3. The topological polar surface area (TPSA) is 63.9 Å². The van der Waals surface area contributed by atoms with Crippen molar-refractivity contribution < 1.29 is 0 Å². The van der Waals surface area contributed by atoms with Gasteiger partial charge in [0.25, 0.3) is 5.56 Å². The Hall–Kier alpha value is -3.02. The first-order chi connectivity index (χ1) is 12.3. The largest absolute Gasteiger partial charge is 0.367 e. The van der Waals surface area contributed by atoms with Crippen LogP contribution in [0.3, 0.4) is 0 Å². The van der Waals surface area contributed by atoms with E-state index in [4.69, 9.17) is 0 Å². The van der Waals surface area contributed by atoms with E-state index in [1.807, 2.05) is 24.3 Å². The van der Waals surface area contributed by atoms with Crippen molar-refractivity contribution in [1.82, 2.24) is 19.7 Å². The predicted octanol–water partition coefficient (Wildman–Crippen LogP) is 2.37. The summed E-state index contributed by atoms with van der Waals surface area (Å²) < 4.78 is 1.58. The van der Waals surface area contributed by atoms with Gasteiger partial charge in [0, 0.05) is 54.7 Å². The van der Waals surface area contributed by atoms with Crippen LogP contribution in [-0.2, 0) is 6.54 Å². The highest BCUT2D eigenvalue weighted by Gasteiger charge is 2.25. The highest BCUT2D eigenvalue weighted by molar-refractivity contribution is 5.57. The lowest BCUT2D eigenvalue weighted by molar-refractivity contribution is 0.490. The summed E-state index contributed by atoms with van der Waals surface area (Å²) in [6.45, 7) is 1.58. The van der Waals surface area contributed by atoms with E-state index in [9.17, 15) is 4.79 Å². The van der Waals surface area contributed by atoms with Crippen LogP contribution in [0.4, 0.5) is 5.69 Å². The van der Waals surface area contributed by atoms with Gasteiger partial charge in [-0.25, -0.2) is 4.68 Å². The van der Waals surface area contributed by atoms with Crippen molar-refractivity contribution in [1.29, 1.82) is 0 Å². The number of pyridine rings is 2. The molecule has 4 heterocycles. The molecule has 1 unspecified atom stereocenters. The van der Waals surface area contributed by atoms with E-state index >= 15 is 0 Å². The minimum Gasteiger partial charge on any atom is -0.367 e. The van der Waals surface area contributed by atoms with E-state index in [0.717, 1.165) is 36.3 Å². The molecule has 3 aromatic rings. The summed E-state index contributed by atoms with van der Waals surface area (Å²) in [6.07, 6.45) is 9.24. The van der Waals surface area contributed by atoms with Crippen molar-refractivity contribution in [3.63, 3.8) is 0 Å². The van der Waals surface area contributed by atoms with Crippen LogP contribution in [0.1, 0.15) is 12.8 Å². The highest BCUT2D eigenvalue weighted by atomic mass is 16.1. The van der Waals surface area contributed by atoms with Crippen molar-refractivity contribution >= 4 is 5.69 Å². The van der Waals surface area contributed by atoms with Gasteiger partial charge < -0.3 is 4.90 Å². The fraction of sp³-hybridized carbons (Fsp3) is 0.263. The van der Waals surface area contributed by atoms with Crippen LogP contribution in [0.2, 0.25) is 0 Å². The van der Waals surface area contributed by atoms with Crippen LogP contribution in [0.5, 0.6) is 0 Å². The summed E-state index contributed by atoms with van der Waals surface area (Å²) in [7, 11) is 0. The van der Waals surface area contributed by atoms with Gasteiger partial charge in [0.2, 0.25) is 0 Å². The second-order valence-corrected chi connectivity index (χ2v) is 6.17. The average Bonchev–Trinajstić information content (AvgIpc) is 3.13. The molecular weight excluding hydrogens is 314 g/mol. The van der Waals surface area contributed by atoms with Gasteiger partial charge in [0.05, 0.1) is 12.2 Å². The smallest absolute Gasteiger partial charge is 0.266 e. The van der Waals surface area contributed by atoms with Crippen LogP contribution in [0, 0.1) is 0 Å². The Morgan fingerprint density at radius 2 is 1.68 bits per heavy atom. The lowest BCUT2D eigenvalue weighted by Crippen LogP contribution is -2.37. The lowest BCUT2D eigenvalue weighted by atomic mass is 10.2. The van der Waals surface area contributed by atoms with Gasteiger partial charge in [-0.1, -0.05) is 0 Å². The first kappa shape index (κ1) is 15.5. The lowest BCUT2D eigenvalue weighted by Gasteiger charge is -2.26. The summed E-state index contributed by atoms with van der Waals surface area (Å²) in [5.41, 5.74) is 2.83. The number of rotatable bonds is 4. The third kappa shape index (κ3) is 3.28. The van der Waals surface area contributed by atoms with Crippen molar-refractivity contribution in [3.8, 4) is 11.3 Å². The minimum absolute atomic E-state index is 0.0700. The summed E-state index contributed by atoms with van der Waals surface area (Å²) in [4.78, 5) is 22.8. The third-order valence-corrected chi connectivity index (χ3v) is 4.60. The number of hydrogen-bond acceptors (Lipinski definition) is 5. The normalized spacial score (nSPS) is 17.0. The van der Waals surface area contributed by atoms with Crippen molar-refractivity contribution in [2.45, 2.75) is 25.4 Å². The molecular formula is C19H19N5O. The zero-order valence-corrected chi connectivity index (χ0v) is 13.8. The zero-order valence-electron chi connectivity index (χ0n) is 13.8. The molecule has 0 aromatic carbocycles. The van der Waals surface area contributed by atoms with E-state index in [2.05, 4.69) is 20.0 Å². The SMILES string of the molecule is O=c1ccc(-c2ccncc2)nn1CC1CCCN1c1ccncc1. The van der Waals surface area contributed by atoms with Gasteiger partial charge >= 0.3 is 0 Å². The quantitative estimate of drug-likeness (QED) is 0.733. The Morgan fingerprint density at radius 3 is 2.44 bits per heavy atom. The molecule has 1 aliphatic rings. The van der Waals surface area contributed by atoms with Gasteiger partial charge in [-0.3, -0.25) is 14.8 Å². The van der Waals surface area contributed by atoms with Gasteiger partial charge in [-0.15, -0.1) is 0 Å². The maximum Gasteiger partial charge on any atom is 0.266 e. The molecule has 1 saturated heterocycles. The Labute approximate surface area is 145 Å². The van der Waals surface area contributed by atoms with E-state index < -0.39 is 0 Å². The van der Waals surface area contributed by atoms with E-state index in [1.54, 1.807) is 41.6 Å². The molecule has 0 aliphatic carbocycles. The van der Waals surface area contributed by atoms with Crippen LogP contribution in [0.25, 0.3) is 11.3 Å². The minimum atomic E-state index is -0.0700. The van der Waals surface area contributed by atoms with Crippen LogP contribution in [0.15, 0.2) is 66.0 Å². The van der Waals surface area contributed by atoms with Gasteiger partial charge in [0.1, 0.15) is 0 Å². The molecule has 0 amide bonds. The molecule has 6 heteroatoms. The van der Waals surface area contributed by atoms with Gasteiger partial charge in [0.15, 0.2) is 0 Å². The fourth-order valence-corrected chi connectivity index (χ4v) is 3.36. The number of hydrogen-bond donors (Lipinski definition) is 0. The zero-order chi connectivity index (χ0) is 17.1. The third-order valence-electron chi connectivity index (χ3n) is 4.60. The molecule has 1 atom stereocenters. The first-order valence-electron chi connectivity index (χ1n) is 8.46. The number of aromatic nitrogens is 4. The summed E-state index contributed by atoms with van der Waals surface area (Å²) in [5, 5.41) is 4.57. The predicted molar refractivity (Wildman–Crippen MR) is 96.3 cm³/mol. The monoisotopic (exact) mass is 333 g/mol. The van der Waals surface area contributed by atoms with Crippen LogP contribution in [-0.4, -0.2) is 32.3 Å². The molecule has 1 aliphatic heterocycles. The molecule has 0 N–H and O–H groups in total. The van der Waals surface area contributed by atoms with E-state index in [1.165, 1.54) is 0 Å². The Morgan fingerprint density at radius 1 is 0.960 bits per heavy atom.